The molecule has 0 radical (unpaired) electrons. The number of carbonyl (C=O) groups excluding carboxylic acids is 4. The molecule has 4 rings (SSSR count). The highest BCUT2D eigenvalue weighted by atomic mass is 79.9. The van der Waals surface area contributed by atoms with Crippen molar-refractivity contribution in [2.24, 2.45) is 0 Å². The largest absolute Gasteiger partial charge is 0.493 e. The fraction of sp³-hybridized carbons (Fsp3) is 0.143. The van der Waals surface area contributed by atoms with E-state index < -0.39 is 29.5 Å². The minimum atomic E-state index is -0.572. The van der Waals surface area contributed by atoms with Crippen molar-refractivity contribution in [3.8, 4) is 11.5 Å². The SMILES string of the molecule is COc1cc(/C=C2/SC(=O)N(CC(=O)Nc3cccc(SC)c3)C2=O)ccc1OCC(=O)Nc1ccc(Br)c(Cl)c1. The smallest absolute Gasteiger partial charge is 0.294 e. The summed E-state index contributed by atoms with van der Waals surface area (Å²) in [5, 5.41) is 5.33. The number of halogens is 2. The van der Waals surface area contributed by atoms with E-state index in [1.807, 2.05) is 24.5 Å². The van der Waals surface area contributed by atoms with Crippen LogP contribution in [-0.4, -0.2) is 54.4 Å². The maximum absolute atomic E-state index is 12.9. The summed E-state index contributed by atoms with van der Waals surface area (Å²) in [6.45, 7) is -0.692. The van der Waals surface area contributed by atoms with E-state index in [0.717, 1.165) is 21.6 Å². The Hall–Kier alpha value is -3.45. The maximum atomic E-state index is 12.9. The predicted octanol–water partition coefficient (Wildman–Crippen LogP) is 6.53. The molecular weight excluding hydrogens is 654 g/mol. The number of carbonyl (C=O) groups is 4. The molecule has 0 aliphatic carbocycles. The fourth-order valence-electron chi connectivity index (χ4n) is 3.64. The van der Waals surface area contributed by atoms with E-state index in [0.29, 0.717) is 37.9 Å². The number of imide groups is 1. The Balaban J connectivity index is 1.37. The molecule has 13 heteroatoms. The number of hydrogen-bond acceptors (Lipinski definition) is 8. The lowest BCUT2D eigenvalue weighted by Gasteiger charge is -2.13. The summed E-state index contributed by atoms with van der Waals surface area (Å²) in [7, 11) is 1.44. The van der Waals surface area contributed by atoms with Gasteiger partial charge in [0.25, 0.3) is 17.1 Å². The first kappa shape index (κ1) is 30.5. The van der Waals surface area contributed by atoms with Gasteiger partial charge in [-0.2, -0.15) is 0 Å². The second kappa shape index (κ2) is 13.9. The van der Waals surface area contributed by atoms with Crippen molar-refractivity contribution in [3.63, 3.8) is 0 Å². The molecule has 0 saturated carbocycles. The van der Waals surface area contributed by atoms with E-state index >= 15 is 0 Å². The number of benzene rings is 3. The second-order valence-corrected chi connectivity index (χ2v) is 11.6. The van der Waals surface area contributed by atoms with Gasteiger partial charge in [-0.25, -0.2) is 0 Å². The molecule has 4 amide bonds. The normalized spacial score (nSPS) is 13.9. The first-order valence-electron chi connectivity index (χ1n) is 11.9. The van der Waals surface area contributed by atoms with E-state index in [4.69, 9.17) is 21.1 Å². The van der Waals surface area contributed by atoms with Crippen LogP contribution in [0.4, 0.5) is 16.2 Å². The second-order valence-electron chi connectivity index (χ2n) is 8.42. The minimum Gasteiger partial charge on any atom is -0.493 e. The van der Waals surface area contributed by atoms with Crippen LogP contribution >= 0.6 is 51.1 Å². The molecule has 41 heavy (non-hydrogen) atoms. The highest BCUT2D eigenvalue weighted by Crippen LogP contribution is 2.35. The average molecular weight is 677 g/mol. The van der Waals surface area contributed by atoms with Gasteiger partial charge in [-0.05, 0) is 94.1 Å². The molecule has 0 unspecified atom stereocenters. The van der Waals surface area contributed by atoms with Crippen molar-refractivity contribution in [1.29, 1.82) is 0 Å². The van der Waals surface area contributed by atoms with Gasteiger partial charge in [-0.15, -0.1) is 11.8 Å². The Morgan fingerprint density at radius 2 is 1.78 bits per heavy atom. The van der Waals surface area contributed by atoms with Crippen LogP contribution in [-0.2, 0) is 14.4 Å². The van der Waals surface area contributed by atoms with Gasteiger partial charge in [0.2, 0.25) is 5.91 Å². The summed E-state index contributed by atoms with van der Waals surface area (Å²) in [5.41, 5.74) is 1.66. The molecule has 0 spiro atoms. The Morgan fingerprint density at radius 1 is 1.02 bits per heavy atom. The zero-order valence-corrected chi connectivity index (χ0v) is 25.7. The lowest BCUT2D eigenvalue weighted by Crippen LogP contribution is -2.36. The molecule has 212 valence electrons. The van der Waals surface area contributed by atoms with Gasteiger partial charge >= 0.3 is 0 Å². The van der Waals surface area contributed by atoms with Crippen molar-refractivity contribution in [2.75, 3.05) is 37.2 Å². The molecule has 0 bridgehead atoms. The third kappa shape index (κ3) is 8.07. The molecule has 1 aliphatic heterocycles. The molecule has 3 aromatic carbocycles. The minimum absolute atomic E-state index is 0.162. The average Bonchev–Trinajstić information content (AvgIpc) is 3.21. The van der Waals surface area contributed by atoms with Gasteiger partial charge in [0, 0.05) is 20.7 Å². The summed E-state index contributed by atoms with van der Waals surface area (Å²) in [4.78, 5) is 52.3. The van der Waals surface area contributed by atoms with E-state index in [2.05, 4.69) is 26.6 Å². The molecule has 2 N–H and O–H groups in total. The first-order valence-corrected chi connectivity index (χ1v) is 15.1. The van der Waals surface area contributed by atoms with Crippen molar-refractivity contribution in [3.05, 3.63) is 80.6 Å². The molecule has 1 heterocycles. The van der Waals surface area contributed by atoms with Gasteiger partial charge in [0.15, 0.2) is 18.1 Å². The van der Waals surface area contributed by atoms with Crippen LogP contribution in [0.3, 0.4) is 0 Å². The highest BCUT2D eigenvalue weighted by Gasteiger charge is 2.36. The number of rotatable bonds is 10. The first-order chi connectivity index (χ1) is 19.7. The quantitative estimate of drug-likeness (QED) is 0.184. The van der Waals surface area contributed by atoms with Crippen LogP contribution in [0.1, 0.15) is 5.56 Å². The number of ether oxygens (including phenoxy) is 2. The monoisotopic (exact) mass is 675 g/mol. The lowest BCUT2D eigenvalue weighted by molar-refractivity contribution is -0.127. The van der Waals surface area contributed by atoms with Crippen LogP contribution in [0, 0.1) is 0 Å². The van der Waals surface area contributed by atoms with Crippen LogP contribution in [0.5, 0.6) is 11.5 Å². The number of hydrogen-bond donors (Lipinski definition) is 2. The van der Waals surface area contributed by atoms with Gasteiger partial charge in [-0.1, -0.05) is 23.7 Å². The molecule has 0 aromatic heterocycles. The molecule has 0 atom stereocenters. The van der Waals surface area contributed by atoms with Crippen molar-refractivity contribution >= 4 is 91.5 Å². The van der Waals surface area contributed by atoms with Crippen molar-refractivity contribution < 1.29 is 28.7 Å². The van der Waals surface area contributed by atoms with Gasteiger partial charge in [0.05, 0.1) is 17.0 Å². The summed E-state index contributed by atoms with van der Waals surface area (Å²) < 4.78 is 11.7. The van der Waals surface area contributed by atoms with E-state index in [1.165, 1.54) is 24.9 Å². The van der Waals surface area contributed by atoms with Crippen LogP contribution in [0.15, 0.2) is 74.9 Å². The number of nitrogens with zero attached hydrogens (tertiary/aromatic N) is 1. The molecule has 1 saturated heterocycles. The highest BCUT2D eigenvalue weighted by molar-refractivity contribution is 9.10. The topological polar surface area (TPSA) is 114 Å². The van der Waals surface area contributed by atoms with E-state index in [-0.39, 0.29) is 11.5 Å². The zero-order chi connectivity index (χ0) is 29.5. The third-order valence-electron chi connectivity index (χ3n) is 5.58. The Morgan fingerprint density at radius 3 is 2.51 bits per heavy atom. The van der Waals surface area contributed by atoms with Crippen LogP contribution in [0.25, 0.3) is 6.08 Å². The van der Waals surface area contributed by atoms with E-state index in [1.54, 1.807) is 42.5 Å². The number of amides is 4. The number of methoxy groups -OCH3 is 1. The van der Waals surface area contributed by atoms with E-state index in [9.17, 15) is 19.2 Å². The molecule has 3 aromatic rings. The maximum Gasteiger partial charge on any atom is 0.294 e. The Bertz CT molecular complexity index is 1550. The van der Waals surface area contributed by atoms with Gasteiger partial charge < -0.3 is 20.1 Å². The number of thioether (sulfide) groups is 2. The van der Waals surface area contributed by atoms with Gasteiger partial charge in [0.1, 0.15) is 6.54 Å². The molecule has 9 nitrogen and oxygen atoms in total. The standard InChI is InChI=1S/C28H23BrClN3O6S2/c1-38-23-10-16(6-9-22(23)39-15-26(35)32-18-7-8-20(29)21(30)13-18)11-24-27(36)33(28(37)41-24)14-25(34)31-17-4-3-5-19(12-17)40-2/h3-13H,14-15H2,1-2H3,(H,31,34)(H,32,35)/b24-11+. The third-order valence-corrected chi connectivity index (χ3v) is 8.44. The number of anilines is 2. The number of nitrogens with one attached hydrogen (secondary N) is 2. The Kier molecular flexibility index (Phi) is 10.4. The predicted molar refractivity (Wildman–Crippen MR) is 166 cm³/mol. The zero-order valence-electron chi connectivity index (χ0n) is 21.7. The lowest BCUT2D eigenvalue weighted by atomic mass is 10.2. The molecule has 1 fully saturated rings. The summed E-state index contributed by atoms with van der Waals surface area (Å²) in [5.74, 6) is -0.822. The molecular formula is C28H23BrClN3O6S2. The van der Waals surface area contributed by atoms with Crippen LogP contribution < -0.4 is 20.1 Å². The summed E-state index contributed by atoms with van der Waals surface area (Å²) in [6, 6.07) is 17.1. The summed E-state index contributed by atoms with van der Waals surface area (Å²) in [6.07, 6.45) is 3.45. The van der Waals surface area contributed by atoms with Crippen molar-refractivity contribution in [1.82, 2.24) is 4.90 Å². The fourth-order valence-corrected chi connectivity index (χ4v) is 5.37. The van der Waals surface area contributed by atoms with Gasteiger partial charge in [-0.3, -0.25) is 24.1 Å². The van der Waals surface area contributed by atoms with Crippen molar-refractivity contribution in [2.45, 2.75) is 4.90 Å². The van der Waals surface area contributed by atoms with Crippen LogP contribution in [0.2, 0.25) is 5.02 Å². The Labute approximate surface area is 258 Å². The summed E-state index contributed by atoms with van der Waals surface area (Å²) >= 11 is 11.6. The molecule has 1 aliphatic rings.